The van der Waals surface area contributed by atoms with Crippen LogP contribution in [0.5, 0.6) is 0 Å². The molecule has 0 aromatic heterocycles. The topological polar surface area (TPSA) is 0 Å². The SMILES string of the molecule is CCCCC1(CCCC)CCSc2ccc(Br)cc21. The van der Waals surface area contributed by atoms with Crippen molar-refractivity contribution in [3.8, 4) is 0 Å². The zero-order valence-corrected chi connectivity index (χ0v) is 14.6. The summed E-state index contributed by atoms with van der Waals surface area (Å²) in [6.45, 7) is 4.62. The summed E-state index contributed by atoms with van der Waals surface area (Å²) in [5.41, 5.74) is 2.08. The van der Waals surface area contributed by atoms with Gasteiger partial charge in [-0.25, -0.2) is 0 Å². The van der Waals surface area contributed by atoms with Gasteiger partial charge in [0.2, 0.25) is 0 Å². The summed E-state index contributed by atoms with van der Waals surface area (Å²) in [6.07, 6.45) is 9.44. The van der Waals surface area contributed by atoms with E-state index in [1.165, 1.54) is 60.1 Å². The second-order valence-electron chi connectivity index (χ2n) is 5.73. The molecule has 0 N–H and O–H groups in total. The molecule has 0 radical (unpaired) electrons. The van der Waals surface area contributed by atoms with Gasteiger partial charge in [-0.15, -0.1) is 11.8 Å². The zero-order valence-electron chi connectivity index (χ0n) is 12.2. The van der Waals surface area contributed by atoms with Gasteiger partial charge in [0.1, 0.15) is 0 Å². The van der Waals surface area contributed by atoms with E-state index in [9.17, 15) is 0 Å². The van der Waals surface area contributed by atoms with Crippen molar-refractivity contribution in [2.45, 2.75) is 69.1 Å². The first-order valence-corrected chi connectivity index (χ1v) is 9.42. The van der Waals surface area contributed by atoms with Crippen LogP contribution in [0.4, 0.5) is 0 Å². The van der Waals surface area contributed by atoms with E-state index >= 15 is 0 Å². The average molecular weight is 341 g/mol. The highest BCUT2D eigenvalue weighted by molar-refractivity contribution is 9.10. The fourth-order valence-electron chi connectivity index (χ4n) is 3.21. The lowest BCUT2D eigenvalue weighted by atomic mass is 9.70. The molecule has 0 bridgehead atoms. The summed E-state index contributed by atoms with van der Waals surface area (Å²) in [4.78, 5) is 1.53. The molecule has 0 fully saturated rings. The first-order valence-electron chi connectivity index (χ1n) is 7.64. The Kier molecular flexibility index (Phi) is 5.83. The molecule has 0 nitrogen and oxygen atoms in total. The number of benzene rings is 1. The Morgan fingerprint density at radius 2 is 1.84 bits per heavy atom. The fraction of sp³-hybridized carbons (Fsp3) is 0.647. The number of thioether (sulfide) groups is 1. The Hall–Kier alpha value is 0.0500. The highest BCUT2D eigenvalue weighted by Crippen LogP contribution is 2.48. The lowest BCUT2D eigenvalue weighted by Gasteiger charge is -2.39. The number of hydrogen-bond acceptors (Lipinski definition) is 1. The molecular weight excluding hydrogens is 316 g/mol. The summed E-state index contributed by atoms with van der Waals surface area (Å²) in [5, 5.41) is 0. The van der Waals surface area contributed by atoms with Crippen LogP contribution in [0, 0.1) is 0 Å². The van der Waals surface area contributed by atoms with Crippen molar-refractivity contribution < 1.29 is 0 Å². The van der Waals surface area contributed by atoms with Gasteiger partial charge in [0.25, 0.3) is 0 Å². The molecule has 0 atom stereocenters. The highest BCUT2D eigenvalue weighted by Gasteiger charge is 2.35. The van der Waals surface area contributed by atoms with Crippen LogP contribution < -0.4 is 0 Å². The normalized spacial score (nSPS) is 17.2. The lowest BCUT2D eigenvalue weighted by molar-refractivity contribution is 0.323. The summed E-state index contributed by atoms with van der Waals surface area (Å²) in [7, 11) is 0. The Morgan fingerprint density at radius 3 is 2.47 bits per heavy atom. The molecule has 1 aromatic rings. The van der Waals surface area contributed by atoms with E-state index in [0.717, 1.165) is 0 Å². The Labute approximate surface area is 130 Å². The van der Waals surface area contributed by atoms with Crippen LogP contribution in [0.2, 0.25) is 0 Å². The molecule has 0 unspecified atom stereocenters. The first-order chi connectivity index (χ1) is 9.22. The molecule has 2 heteroatoms. The third-order valence-electron chi connectivity index (χ3n) is 4.37. The van der Waals surface area contributed by atoms with Crippen LogP contribution in [0.15, 0.2) is 27.6 Å². The Morgan fingerprint density at radius 1 is 1.16 bits per heavy atom. The van der Waals surface area contributed by atoms with Gasteiger partial charge >= 0.3 is 0 Å². The molecule has 1 aliphatic heterocycles. The van der Waals surface area contributed by atoms with Crippen molar-refractivity contribution in [2.75, 3.05) is 5.75 Å². The zero-order chi connectivity index (χ0) is 13.7. The summed E-state index contributed by atoms with van der Waals surface area (Å²) >= 11 is 5.71. The van der Waals surface area contributed by atoms with Gasteiger partial charge < -0.3 is 0 Å². The monoisotopic (exact) mass is 340 g/mol. The molecule has 0 spiro atoms. The van der Waals surface area contributed by atoms with Gasteiger partial charge in [-0.05, 0) is 54.2 Å². The maximum atomic E-state index is 3.67. The predicted octanol–water partition coefficient (Wildman–Crippen LogP) is 6.56. The van der Waals surface area contributed by atoms with Crippen molar-refractivity contribution in [1.29, 1.82) is 0 Å². The minimum atomic E-state index is 0.455. The third-order valence-corrected chi connectivity index (χ3v) is 5.94. The Bertz CT molecular complexity index is 406. The number of unbranched alkanes of at least 4 members (excludes halogenated alkanes) is 2. The second kappa shape index (κ2) is 7.17. The molecular formula is C17H25BrS. The van der Waals surface area contributed by atoms with Gasteiger partial charge in [0, 0.05) is 9.37 Å². The fourth-order valence-corrected chi connectivity index (χ4v) is 4.88. The second-order valence-corrected chi connectivity index (χ2v) is 7.78. The molecule has 1 aromatic carbocycles. The van der Waals surface area contributed by atoms with Gasteiger partial charge in [-0.2, -0.15) is 0 Å². The minimum absolute atomic E-state index is 0.455. The number of fused-ring (bicyclic) bond motifs is 1. The van der Waals surface area contributed by atoms with Gasteiger partial charge in [0.15, 0.2) is 0 Å². The quantitative estimate of drug-likeness (QED) is 0.564. The van der Waals surface area contributed by atoms with Gasteiger partial charge in [-0.1, -0.05) is 55.5 Å². The lowest BCUT2D eigenvalue weighted by Crippen LogP contribution is -2.30. The predicted molar refractivity (Wildman–Crippen MR) is 90.2 cm³/mol. The third kappa shape index (κ3) is 3.58. The van der Waals surface area contributed by atoms with E-state index in [1.807, 2.05) is 11.8 Å². The molecule has 0 saturated carbocycles. The van der Waals surface area contributed by atoms with Gasteiger partial charge in [0.05, 0.1) is 0 Å². The molecule has 2 rings (SSSR count). The number of rotatable bonds is 6. The van der Waals surface area contributed by atoms with Crippen molar-refractivity contribution in [3.05, 3.63) is 28.2 Å². The highest BCUT2D eigenvalue weighted by atomic mass is 79.9. The van der Waals surface area contributed by atoms with Crippen LogP contribution in [0.25, 0.3) is 0 Å². The van der Waals surface area contributed by atoms with Crippen LogP contribution in [0.3, 0.4) is 0 Å². The summed E-state index contributed by atoms with van der Waals surface area (Å²) in [5.74, 6) is 1.29. The molecule has 1 aliphatic rings. The van der Waals surface area contributed by atoms with Crippen LogP contribution in [-0.2, 0) is 5.41 Å². The Balaban J connectivity index is 2.34. The van der Waals surface area contributed by atoms with Crippen molar-refractivity contribution in [1.82, 2.24) is 0 Å². The van der Waals surface area contributed by atoms with Crippen LogP contribution in [0.1, 0.15) is 64.4 Å². The summed E-state index contributed by atoms with van der Waals surface area (Å²) < 4.78 is 1.24. The van der Waals surface area contributed by atoms with Crippen LogP contribution in [-0.4, -0.2) is 5.75 Å². The maximum absolute atomic E-state index is 3.67. The minimum Gasteiger partial charge on any atom is -0.126 e. The van der Waals surface area contributed by atoms with Crippen molar-refractivity contribution in [2.24, 2.45) is 0 Å². The maximum Gasteiger partial charge on any atom is 0.0179 e. The number of halogens is 1. The molecule has 0 saturated heterocycles. The average Bonchev–Trinajstić information content (AvgIpc) is 2.43. The molecule has 0 amide bonds. The number of hydrogen-bond donors (Lipinski definition) is 0. The van der Waals surface area contributed by atoms with E-state index in [1.54, 1.807) is 5.56 Å². The van der Waals surface area contributed by atoms with Gasteiger partial charge in [-0.3, -0.25) is 0 Å². The van der Waals surface area contributed by atoms with E-state index < -0.39 is 0 Å². The van der Waals surface area contributed by atoms with E-state index in [4.69, 9.17) is 0 Å². The standard InChI is InChI=1S/C17H25BrS/c1-3-5-9-17(10-6-4-2)11-12-19-16-8-7-14(18)13-15(16)17/h7-8,13H,3-6,9-12H2,1-2H3. The summed E-state index contributed by atoms with van der Waals surface area (Å²) in [6, 6.07) is 6.91. The van der Waals surface area contributed by atoms with E-state index in [2.05, 4.69) is 48.0 Å². The molecule has 106 valence electrons. The molecule has 0 aliphatic carbocycles. The first kappa shape index (κ1) is 15.4. The van der Waals surface area contributed by atoms with Crippen molar-refractivity contribution >= 4 is 27.7 Å². The molecule has 1 heterocycles. The van der Waals surface area contributed by atoms with Crippen molar-refractivity contribution in [3.63, 3.8) is 0 Å². The molecule has 19 heavy (non-hydrogen) atoms. The smallest absolute Gasteiger partial charge is 0.0179 e. The van der Waals surface area contributed by atoms with Crippen LogP contribution >= 0.6 is 27.7 Å². The van der Waals surface area contributed by atoms with E-state index in [0.29, 0.717) is 5.41 Å². The largest absolute Gasteiger partial charge is 0.126 e. The van der Waals surface area contributed by atoms with E-state index in [-0.39, 0.29) is 0 Å².